The zero-order valence-electron chi connectivity index (χ0n) is 13.3. The Morgan fingerprint density at radius 3 is 2.64 bits per heavy atom. The van der Waals surface area contributed by atoms with Crippen molar-refractivity contribution in [2.75, 3.05) is 4.90 Å². The Labute approximate surface area is 153 Å². The number of para-hydroxylation sites is 1. The summed E-state index contributed by atoms with van der Waals surface area (Å²) >= 11 is 7.09. The van der Waals surface area contributed by atoms with Crippen molar-refractivity contribution in [1.29, 1.82) is 0 Å². The average molecular weight is 377 g/mol. The third-order valence-electron chi connectivity index (χ3n) is 3.34. The van der Waals surface area contributed by atoms with Crippen LogP contribution in [-0.2, 0) is 11.4 Å². The monoisotopic (exact) mass is 376 g/mol. The second-order valence-electron chi connectivity index (χ2n) is 5.17. The van der Waals surface area contributed by atoms with Crippen LogP contribution in [-0.4, -0.2) is 10.9 Å². The summed E-state index contributed by atoms with van der Waals surface area (Å²) in [5.74, 6) is -0.132. The number of thiazole rings is 1. The predicted molar refractivity (Wildman–Crippen MR) is 97.1 cm³/mol. The largest absolute Gasteiger partial charge is 0.487 e. The van der Waals surface area contributed by atoms with Crippen LogP contribution in [0.5, 0.6) is 5.75 Å². The Balaban J connectivity index is 1.77. The number of carbonyl (C=O) groups is 1. The quantitative estimate of drug-likeness (QED) is 0.614. The van der Waals surface area contributed by atoms with Crippen molar-refractivity contribution in [3.05, 3.63) is 70.4 Å². The number of ether oxygens (including phenoxy) is 1. The fourth-order valence-corrected chi connectivity index (χ4v) is 3.18. The van der Waals surface area contributed by atoms with Gasteiger partial charge in [0.25, 0.3) is 0 Å². The van der Waals surface area contributed by atoms with E-state index < -0.39 is 5.82 Å². The molecule has 0 saturated carbocycles. The summed E-state index contributed by atoms with van der Waals surface area (Å²) in [6.07, 6.45) is 0. The van der Waals surface area contributed by atoms with Crippen LogP contribution in [0.2, 0.25) is 5.02 Å². The number of carbonyl (C=O) groups excluding carboxylic acids is 1. The molecule has 0 N–H and O–H groups in total. The van der Waals surface area contributed by atoms with Gasteiger partial charge in [-0.2, -0.15) is 0 Å². The molecule has 0 spiro atoms. The van der Waals surface area contributed by atoms with Crippen LogP contribution in [0.1, 0.15) is 12.6 Å². The Bertz CT molecular complexity index is 883. The first-order chi connectivity index (χ1) is 12.0. The first-order valence-corrected chi connectivity index (χ1v) is 8.68. The van der Waals surface area contributed by atoms with Gasteiger partial charge >= 0.3 is 0 Å². The van der Waals surface area contributed by atoms with Crippen LogP contribution in [0, 0.1) is 5.82 Å². The number of halogens is 2. The highest BCUT2D eigenvalue weighted by atomic mass is 35.5. The number of hydrogen-bond acceptors (Lipinski definition) is 4. The highest BCUT2D eigenvalue weighted by Crippen LogP contribution is 2.31. The van der Waals surface area contributed by atoms with Crippen molar-refractivity contribution in [2.45, 2.75) is 13.5 Å². The minimum absolute atomic E-state index is 0.175. The van der Waals surface area contributed by atoms with Gasteiger partial charge in [-0.15, -0.1) is 11.3 Å². The molecule has 0 aliphatic carbocycles. The van der Waals surface area contributed by atoms with Gasteiger partial charge in [0.1, 0.15) is 18.2 Å². The first-order valence-electron chi connectivity index (χ1n) is 7.42. The Morgan fingerprint density at radius 1 is 1.24 bits per heavy atom. The van der Waals surface area contributed by atoms with Crippen molar-refractivity contribution >= 4 is 39.7 Å². The van der Waals surface area contributed by atoms with Crippen molar-refractivity contribution in [3.63, 3.8) is 0 Å². The van der Waals surface area contributed by atoms with E-state index in [9.17, 15) is 9.18 Å². The summed E-state index contributed by atoms with van der Waals surface area (Å²) in [5.41, 5.74) is 0.826. The Kier molecular flexibility index (Phi) is 5.31. The van der Waals surface area contributed by atoms with Gasteiger partial charge in [-0.3, -0.25) is 9.69 Å². The van der Waals surface area contributed by atoms with Crippen molar-refractivity contribution in [1.82, 2.24) is 4.98 Å². The minimum Gasteiger partial charge on any atom is -0.487 e. The molecule has 1 heterocycles. The molecular formula is C18H14ClFN2O2S. The smallest absolute Gasteiger partial charge is 0.230 e. The van der Waals surface area contributed by atoms with Gasteiger partial charge in [-0.05, 0) is 36.4 Å². The third-order valence-corrected chi connectivity index (χ3v) is 4.47. The molecule has 128 valence electrons. The molecular weight excluding hydrogens is 363 g/mol. The van der Waals surface area contributed by atoms with Crippen molar-refractivity contribution in [2.24, 2.45) is 0 Å². The number of amides is 1. The van der Waals surface area contributed by atoms with Gasteiger partial charge in [0.05, 0.1) is 11.4 Å². The maximum absolute atomic E-state index is 14.0. The highest BCUT2D eigenvalue weighted by Gasteiger charge is 2.20. The van der Waals surface area contributed by atoms with E-state index in [0.717, 1.165) is 0 Å². The molecule has 0 saturated heterocycles. The summed E-state index contributed by atoms with van der Waals surface area (Å²) in [7, 11) is 0. The number of aromatic nitrogens is 1. The van der Waals surface area contributed by atoms with Gasteiger partial charge in [0.2, 0.25) is 5.91 Å². The molecule has 0 aliphatic rings. The number of benzene rings is 2. The zero-order valence-corrected chi connectivity index (χ0v) is 14.9. The first kappa shape index (κ1) is 17.4. The molecule has 2 aromatic carbocycles. The predicted octanol–water partition coefficient (Wildman–Crippen LogP) is 5.20. The summed E-state index contributed by atoms with van der Waals surface area (Å²) < 4.78 is 19.7. The normalized spacial score (nSPS) is 10.5. The SMILES string of the molecule is CC(=O)N(c1nc(COc2ccc(Cl)cc2)cs1)c1ccccc1F. The zero-order chi connectivity index (χ0) is 17.8. The summed E-state index contributed by atoms with van der Waals surface area (Å²) in [6.45, 7) is 1.61. The van der Waals surface area contributed by atoms with Crippen LogP contribution in [0.3, 0.4) is 0 Å². The van der Waals surface area contributed by atoms with Crippen LogP contribution < -0.4 is 9.64 Å². The van der Waals surface area contributed by atoms with Crippen molar-refractivity contribution < 1.29 is 13.9 Å². The summed E-state index contributed by atoms with van der Waals surface area (Å²) in [4.78, 5) is 17.6. The molecule has 4 nitrogen and oxygen atoms in total. The molecule has 1 amide bonds. The standard InChI is InChI=1S/C18H14ClFN2O2S/c1-12(23)22(17-5-3-2-4-16(17)20)18-21-14(11-25-18)10-24-15-8-6-13(19)7-9-15/h2-9,11H,10H2,1H3. The third kappa shape index (κ3) is 4.15. The van der Waals surface area contributed by atoms with Crippen LogP contribution in [0.4, 0.5) is 15.2 Å². The lowest BCUT2D eigenvalue weighted by molar-refractivity contribution is -0.115. The Hall–Kier alpha value is -2.44. The molecule has 0 fully saturated rings. The second kappa shape index (κ2) is 7.63. The van der Waals surface area contributed by atoms with E-state index in [1.54, 1.807) is 47.8 Å². The number of hydrogen-bond donors (Lipinski definition) is 0. The lowest BCUT2D eigenvalue weighted by atomic mass is 10.3. The van der Waals surface area contributed by atoms with E-state index in [0.29, 0.717) is 21.6 Å². The van der Waals surface area contributed by atoms with E-state index in [1.165, 1.54) is 29.2 Å². The molecule has 0 aliphatic heterocycles. The van der Waals surface area contributed by atoms with Crippen LogP contribution in [0.25, 0.3) is 0 Å². The van der Waals surface area contributed by atoms with Gasteiger partial charge in [-0.25, -0.2) is 9.37 Å². The van der Waals surface area contributed by atoms with Crippen LogP contribution >= 0.6 is 22.9 Å². The van der Waals surface area contributed by atoms with Crippen molar-refractivity contribution in [3.8, 4) is 5.75 Å². The van der Waals surface area contributed by atoms with E-state index >= 15 is 0 Å². The number of nitrogens with zero attached hydrogens (tertiary/aromatic N) is 2. The topological polar surface area (TPSA) is 42.4 Å². The van der Waals surface area contributed by atoms with E-state index in [4.69, 9.17) is 16.3 Å². The summed E-state index contributed by atoms with van der Waals surface area (Å²) in [5, 5.41) is 2.81. The molecule has 7 heteroatoms. The number of anilines is 2. The fourth-order valence-electron chi connectivity index (χ4n) is 2.19. The molecule has 3 rings (SSSR count). The van der Waals surface area contributed by atoms with Crippen LogP contribution in [0.15, 0.2) is 53.9 Å². The minimum atomic E-state index is -0.480. The maximum Gasteiger partial charge on any atom is 0.230 e. The fraction of sp³-hybridized carbons (Fsp3) is 0.111. The molecule has 3 aromatic rings. The molecule has 25 heavy (non-hydrogen) atoms. The van der Waals surface area contributed by atoms with E-state index in [2.05, 4.69) is 4.98 Å². The maximum atomic E-state index is 14.0. The van der Waals surface area contributed by atoms with Gasteiger partial charge in [-0.1, -0.05) is 23.7 Å². The van der Waals surface area contributed by atoms with E-state index in [1.807, 2.05) is 0 Å². The molecule has 0 radical (unpaired) electrons. The van der Waals surface area contributed by atoms with E-state index in [-0.39, 0.29) is 18.2 Å². The Morgan fingerprint density at radius 2 is 1.96 bits per heavy atom. The lowest BCUT2D eigenvalue weighted by Crippen LogP contribution is -2.23. The highest BCUT2D eigenvalue weighted by molar-refractivity contribution is 7.14. The van der Waals surface area contributed by atoms with Gasteiger partial charge in [0, 0.05) is 17.3 Å². The van der Waals surface area contributed by atoms with Gasteiger partial charge in [0.15, 0.2) is 5.13 Å². The lowest BCUT2D eigenvalue weighted by Gasteiger charge is -2.18. The molecule has 0 bridgehead atoms. The average Bonchev–Trinajstić information content (AvgIpc) is 3.04. The molecule has 0 unspecified atom stereocenters. The number of rotatable bonds is 5. The summed E-state index contributed by atoms with van der Waals surface area (Å²) in [6, 6.07) is 13.1. The molecule has 1 aromatic heterocycles. The molecule has 0 atom stereocenters. The second-order valence-corrected chi connectivity index (χ2v) is 6.44. The van der Waals surface area contributed by atoms with Gasteiger partial charge < -0.3 is 4.74 Å².